The van der Waals surface area contributed by atoms with Crippen LogP contribution in [0, 0.1) is 11.7 Å². The van der Waals surface area contributed by atoms with Gasteiger partial charge in [-0.05, 0) is 31.5 Å². The van der Waals surface area contributed by atoms with Crippen molar-refractivity contribution in [3.8, 4) is 0 Å². The van der Waals surface area contributed by atoms with Crippen molar-refractivity contribution in [1.29, 1.82) is 0 Å². The Morgan fingerprint density at radius 2 is 1.94 bits per heavy atom. The second-order valence-electron chi connectivity index (χ2n) is 4.22. The molecule has 2 rings (SSSR count). The number of rotatable bonds is 3. The van der Waals surface area contributed by atoms with E-state index in [0.29, 0.717) is 12.5 Å². The van der Waals surface area contributed by atoms with Crippen LogP contribution < -0.4 is 5.73 Å². The lowest BCUT2D eigenvalue weighted by Gasteiger charge is -2.15. The highest BCUT2D eigenvalue weighted by atomic mass is 35.5. The Bertz CT molecular complexity index is 342. The van der Waals surface area contributed by atoms with Gasteiger partial charge in [0.1, 0.15) is 5.82 Å². The number of likely N-dealkylation sites (tertiary alicyclic amines) is 1. The van der Waals surface area contributed by atoms with E-state index >= 15 is 0 Å². The first-order valence-corrected chi connectivity index (χ1v) is 5.45. The van der Waals surface area contributed by atoms with E-state index in [1.165, 1.54) is 6.07 Å². The molecule has 1 aliphatic heterocycles. The molecule has 106 valence electrons. The van der Waals surface area contributed by atoms with Gasteiger partial charge >= 0.3 is 0 Å². The summed E-state index contributed by atoms with van der Waals surface area (Å²) in [5.74, 6) is 0.491. The fourth-order valence-electron chi connectivity index (χ4n) is 2.12. The summed E-state index contributed by atoms with van der Waals surface area (Å²) in [6.45, 7) is 3.50. The lowest BCUT2D eigenvalue weighted by atomic mass is 10.1. The molecule has 1 heterocycles. The maximum atomic E-state index is 13.4. The van der Waals surface area contributed by atoms with Crippen molar-refractivity contribution < 1.29 is 9.87 Å². The quantitative estimate of drug-likeness (QED) is 0.922. The smallest absolute Gasteiger partial charge is 0.127 e. The summed E-state index contributed by atoms with van der Waals surface area (Å²) >= 11 is 0. The highest BCUT2D eigenvalue weighted by Crippen LogP contribution is 2.18. The van der Waals surface area contributed by atoms with Crippen LogP contribution >= 0.6 is 24.8 Å². The van der Waals surface area contributed by atoms with Crippen LogP contribution in [0.4, 0.5) is 4.39 Å². The van der Waals surface area contributed by atoms with Gasteiger partial charge in [-0.15, -0.1) is 24.8 Å². The van der Waals surface area contributed by atoms with Crippen LogP contribution in [-0.4, -0.2) is 30.0 Å². The minimum atomic E-state index is -0.103. The number of nitrogens with two attached hydrogens (primary N) is 1. The van der Waals surface area contributed by atoms with E-state index in [9.17, 15) is 4.39 Å². The molecular formula is C12H21Cl2FN2O. The van der Waals surface area contributed by atoms with Gasteiger partial charge in [0.25, 0.3) is 0 Å². The summed E-state index contributed by atoms with van der Waals surface area (Å²) in [6.07, 6.45) is 1.14. The molecule has 0 amide bonds. The average molecular weight is 299 g/mol. The summed E-state index contributed by atoms with van der Waals surface area (Å²) in [5.41, 5.74) is 6.41. The van der Waals surface area contributed by atoms with Gasteiger partial charge in [0.2, 0.25) is 0 Å². The van der Waals surface area contributed by atoms with E-state index in [0.717, 1.165) is 31.6 Å². The minimum Gasteiger partial charge on any atom is -0.412 e. The molecule has 0 bridgehead atoms. The number of halogens is 3. The van der Waals surface area contributed by atoms with Crippen LogP contribution in [0.2, 0.25) is 0 Å². The molecular weight excluding hydrogens is 278 g/mol. The Hall–Kier alpha value is -0.390. The van der Waals surface area contributed by atoms with Crippen LogP contribution in [0.15, 0.2) is 24.3 Å². The predicted molar refractivity (Wildman–Crippen MR) is 76.9 cm³/mol. The lowest BCUT2D eigenvalue weighted by Crippen LogP contribution is -2.23. The molecule has 1 fully saturated rings. The van der Waals surface area contributed by atoms with Gasteiger partial charge in [-0.25, -0.2) is 4.39 Å². The predicted octanol–water partition coefficient (Wildman–Crippen LogP) is 1.63. The molecule has 1 aromatic rings. The first-order valence-electron chi connectivity index (χ1n) is 5.45. The highest BCUT2D eigenvalue weighted by Gasteiger charge is 2.21. The normalized spacial score (nSPS) is 18.4. The van der Waals surface area contributed by atoms with Crippen molar-refractivity contribution in [1.82, 2.24) is 4.90 Å². The molecule has 0 spiro atoms. The Morgan fingerprint density at radius 3 is 2.50 bits per heavy atom. The minimum absolute atomic E-state index is 0. The van der Waals surface area contributed by atoms with E-state index in [1.54, 1.807) is 6.07 Å². The third-order valence-corrected chi connectivity index (χ3v) is 3.06. The molecule has 1 aromatic carbocycles. The van der Waals surface area contributed by atoms with Crippen molar-refractivity contribution in [3.05, 3.63) is 35.6 Å². The standard InChI is InChI=1S/C12H17FN2.2ClH.H2O/c13-12-4-2-1-3-11(12)9-15-6-5-10(7-14)8-15;;;/h1-4,10H,5-9,14H2;2*1H;1H2. The Kier molecular flexibility index (Phi) is 10.6. The largest absolute Gasteiger partial charge is 0.412 e. The van der Waals surface area contributed by atoms with E-state index in [4.69, 9.17) is 5.73 Å². The van der Waals surface area contributed by atoms with Crippen LogP contribution in [0.1, 0.15) is 12.0 Å². The average Bonchev–Trinajstić information content (AvgIpc) is 2.69. The molecule has 6 heteroatoms. The fraction of sp³-hybridized carbons (Fsp3) is 0.500. The maximum Gasteiger partial charge on any atom is 0.127 e. The summed E-state index contributed by atoms with van der Waals surface area (Å²) in [5, 5.41) is 0. The van der Waals surface area contributed by atoms with Crippen molar-refractivity contribution in [3.63, 3.8) is 0 Å². The molecule has 18 heavy (non-hydrogen) atoms. The zero-order valence-electron chi connectivity index (χ0n) is 10.1. The second kappa shape index (κ2) is 9.53. The van der Waals surface area contributed by atoms with Gasteiger partial charge in [0.05, 0.1) is 0 Å². The lowest BCUT2D eigenvalue weighted by molar-refractivity contribution is 0.312. The summed E-state index contributed by atoms with van der Waals surface area (Å²) in [6, 6.07) is 6.98. The van der Waals surface area contributed by atoms with Gasteiger partial charge in [-0.3, -0.25) is 4.90 Å². The Morgan fingerprint density at radius 1 is 1.28 bits per heavy atom. The number of benzene rings is 1. The molecule has 1 saturated heterocycles. The van der Waals surface area contributed by atoms with Gasteiger partial charge in [0.15, 0.2) is 0 Å². The topological polar surface area (TPSA) is 60.8 Å². The molecule has 1 unspecified atom stereocenters. The summed E-state index contributed by atoms with van der Waals surface area (Å²) in [4.78, 5) is 2.27. The second-order valence-corrected chi connectivity index (χ2v) is 4.22. The van der Waals surface area contributed by atoms with Crippen molar-refractivity contribution >= 4 is 24.8 Å². The van der Waals surface area contributed by atoms with Crippen molar-refractivity contribution in [2.24, 2.45) is 11.7 Å². The first-order chi connectivity index (χ1) is 7.29. The molecule has 0 radical (unpaired) electrons. The van der Waals surface area contributed by atoms with Gasteiger partial charge in [-0.2, -0.15) is 0 Å². The number of hydrogen-bond donors (Lipinski definition) is 1. The van der Waals surface area contributed by atoms with E-state index < -0.39 is 0 Å². The molecule has 1 aliphatic rings. The van der Waals surface area contributed by atoms with Gasteiger partial charge < -0.3 is 11.2 Å². The van der Waals surface area contributed by atoms with Crippen molar-refractivity contribution in [2.75, 3.05) is 19.6 Å². The zero-order chi connectivity index (χ0) is 10.7. The molecule has 3 nitrogen and oxygen atoms in total. The van der Waals surface area contributed by atoms with E-state index in [1.807, 2.05) is 12.1 Å². The third kappa shape index (κ3) is 5.08. The van der Waals surface area contributed by atoms with Gasteiger partial charge in [0, 0.05) is 18.7 Å². The monoisotopic (exact) mass is 298 g/mol. The fourth-order valence-corrected chi connectivity index (χ4v) is 2.12. The SMILES string of the molecule is Cl.Cl.NCC1CCN(Cc2ccccc2F)C1.O. The Balaban J connectivity index is 0. The number of nitrogens with zero attached hydrogens (tertiary/aromatic N) is 1. The van der Waals surface area contributed by atoms with E-state index in [2.05, 4.69) is 4.90 Å². The van der Waals surface area contributed by atoms with Crippen LogP contribution in [-0.2, 0) is 6.54 Å². The maximum absolute atomic E-state index is 13.4. The Labute approximate surface area is 120 Å². The van der Waals surface area contributed by atoms with Gasteiger partial charge in [-0.1, -0.05) is 18.2 Å². The molecule has 0 aromatic heterocycles. The van der Waals surface area contributed by atoms with Crippen LogP contribution in [0.25, 0.3) is 0 Å². The molecule has 0 saturated carbocycles. The summed E-state index contributed by atoms with van der Waals surface area (Å²) < 4.78 is 13.4. The molecule has 1 atom stereocenters. The van der Waals surface area contributed by atoms with Crippen LogP contribution in [0.5, 0.6) is 0 Å². The van der Waals surface area contributed by atoms with Crippen molar-refractivity contribution in [2.45, 2.75) is 13.0 Å². The molecule has 0 aliphatic carbocycles. The van der Waals surface area contributed by atoms with E-state index in [-0.39, 0.29) is 36.1 Å². The molecule has 4 N–H and O–H groups in total. The van der Waals surface area contributed by atoms with Crippen LogP contribution in [0.3, 0.4) is 0 Å². The first kappa shape index (κ1) is 19.9. The summed E-state index contributed by atoms with van der Waals surface area (Å²) in [7, 11) is 0. The zero-order valence-corrected chi connectivity index (χ0v) is 11.8. The highest BCUT2D eigenvalue weighted by molar-refractivity contribution is 5.85. The third-order valence-electron chi connectivity index (χ3n) is 3.06. The number of hydrogen-bond acceptors (Lipinski definition) is 2.